The lowest BCUT2D eigenvalue weighted by Gasteiger charge is -2.40. The molecule has 9 nitrogen and oxygen atoms in total. The number of methoxy groups -OCH3 is 1. The van der Waals surface area contributed by atoms with Gasteiger partial charge in [0.15, 0.2) is 18.2 Å². The third-order valence-electron chi connectivity index (χ3n) is 5.83. The maximum atomic E-state index is 12.6. The van der Waals surface area contributed by atoms with Gasteiger partial charge in [0.25, 0.3) is 5.91 Å². The number of nitrogens with one attached hydrogen (secondary N) is 1. The monoisotopic (exact) mass is 434 g/mol. The quantitative estimate of drug-likeness (QED) is 0.733. The first kappa shape index (κ1) is 20.9. The van der Waals surface area contributed by atoms with Crippen molar-refractivity contribution in [1.82, 2.24) is 24.9 Å². The number of urea groups is 1. The van der Waals surface area contributed by atoms with E-state index < -0.39 is 18.2 Å². The van der Waals surface area contributed by atoms with Crippen molar-refractivity contribution >= 4 is 29.5 Å². The molecule has 2 saturated heterocycles. The highest BCUT2D eigenvalue weighted by molar-refractivity contribution is 6.30. The second kappa shape index (κ2) is 8.79. The maximum Gasteiger partial charge on any atom is 0.325 e. The number of nitrogens with zero attached hydrogens (tertiary/aromatic N) is 5. The number of likely N-dealkylation sites (N-methyl/N-ethyl adjacent to an activating group) is 1. The van der Waals surface area contributed by atoms with Crippen molar-refractivity contribution in [2.45, 2.75) is 18.8 Å². The Hall–Kier alpha value is -2.36. The molecular weight excluding hydrogens is 408 g/mol. The smallest absolute Gasteiger partial charge is 0.325 e. The maximum absolute atomic E-state index is 12.6. The van der Waals surface area contributed by atoms with Crippen LogP contribution in [0.1, 0.15) is 5.56 Å². The van der Waals surface area contributed by atoms with E-state index in [1.54, 1.807) is 14.2 Å². The predicted octanol–water partition coefficient (Wildman–Crippen LogP) is 0.652. The number of carbonyl (C=O) groups is 2. The highest BCUT2D eigenvalue weighted by Gasteiger charge is 2.49. The topological polar surface area (TPSA) is 80.7 Å². The van der Waals surface area contributed by atoms with Crippen LogP contribution < -0.4 is 5.32 Å². The molecule has 0 aliphatic carbocycles. The number of piperazine rings is 1. The van der Waals surface area contributed by atoms with Crippen molar-refractivity contribution in [3.63, 3.8) is 0 Å². The Labute approximate surface area is 181 Å². The van der Waals surface area contributed by atoms with E-state index in [1.165, 1.54) is 10.5 Å². The average molecular weight is 435 g/mol. The second-order valence-corrected chi connectivity index (χ2v) is 8.21. The zero-order chi connectivity index (χ0) is 21.3. The number of ether oxygens (including phenoxy) is 1. The molecule has 0 aromatic heterocycles. The lowest BCUT2D eigenvalue weighted by Crippen LogP contribution is -2.65. The van der Waals surface area contributed by atoms with E-state index in [1.807, 2.05) is 23.1 Å². The van der Waals surface area contributed by atoms with Crippen LogP contribution in [0, 0.1) is 0 Å². The molecule has 2 unspecified atom stereocenters. The van der Waals surface area contributed by atoms with Crippen molar-refractivity contribution in [2.75, 3.05) is 53.5 Å². The van der Waals surface area contributed by atoms with Crippen molar-refractivity contribution in [3.8, 4) is 0 Å². The fourth-order valence-corrected chi connectivity index (χ4v) is 4.42. The van der Waals surface area contributed by atoms with Crippen molar-refractivity contribution in [2.24, 2.45) is 4.99 Å². The number of guanidine groups is 1. The molecule has 2 fully saturated rings. The summed E-state index contributed by atoms with van der Waals surface area (Å²) in [5.41, 5.74) is 1.19. The van der Waals surface area contributed by atoms with E-state index >= 15 is 0 Å². The SMILES string of the molecule is COCCN1C(N2CCN(Cc3cccc(Cl)c3)CC2)=NC2C1C(=O)NC(=O)N2C. The van der Waals surface area contributed by atoms with Gasteiger partial charge in [0.1, 0.15) is 0 Å². The molecule has 1 N–H and O–H groups in total. The van der Waals surface area contributed by atoms with E-state index in [0.29, 0.717) is 13.2 Å². The zero-order valence-electron chi connectivity index (χ0n) is 17.3. The molecule has 162 valence electrons. The lowest BCUT2D eigenvalue weighted by atomic mass is 10.1. The molecule has 10 heteroatoms. The number of benzene rings is 1. The Balaban J connectivity index is 1.45. The van der Waals surface area contributed by atoms with Gasteiger partial charge >= 0.3 is 6.03 Å². The van der Waals surface area contributed by atoms with Crippen LogP contribution in [0.15, 0.2) is 29.3 Å². The van der Waals surface area contributed by atoms with E-state index in [2.05, 4.69) is 21.2 Å². The summed E-state index contributed by atoms with van der Waals surface area (Å²) >= 11 is 6.10. The summed E-state index contributed by atoms with van der Waals surface area (Å²) in [6, 6.07) is 7.00. The Bertz CT molecular complexity index is 842. The third kappa shape index (κ3) is 4.10. The Morgan fingerprint density at radius 1 is 1.23 bits per heavy atom. The number of amides is 3. The molecule has 4 rings (SSSR count). The van der Waals surface area contributed by atoms with Crippen LogP contribution in [0.2, 0.25) is 5.02 Å². The summed E-state index contributed by atoms with van der Waals surface area (Å²) in [5.74, 6) is 0.457. The molecule has 3 amide bonds. The Morgan fingerprint density at radius 2 is 2.00 bits per heavy atom. The van der Waals surface area contributed by atoms with Crippen LogP contribution in [-0.2, 0) is 16.1 Å². The summed E-state index contributed by atoms with van der Waals surface area (Å²) in [6.07, 6.45) is -0.511. The highest BCUT2D eigenvalue weighted by Crippen LogP contribution is 2.26. The number of aliphatic imine (C=N–C) groups is 1. The van der Waals surface area contributed by atoms with Gasteiger partial charge in [0, 0.05) is 58.4 Å². The van der Waals surface area contributed by atoms with Gasteiger partial charge in [-0.15, -0.1) is 0 Å². The first-order valence-electron chi connectivity index (χ1n) is 10.1. The van der Waals surface area contributed by atoms with Crippen LogP contribution in [-0.4, -0.2) is 103 Å². The first-order valence-corrected chi connectivity index (χ1v) is 10.5. The minimum Gasteiger partial charge on any atom is -0.383 e. The molecule has 3 aliphatic heterocycles. The van der Waals surface area contributed by atoms with Gasteiger partial charge in [0.2, 0.25) is 0 Å². The highest BCUT2D eigenvalue weighted by atomic mass is 35.5. The number of rotatable bonds is 5. The minimum absolute atomic E-state index is 0.308. The number of imide groups is 1. The molecule has 3 aliphatic rings. The summed E-state index contributed by atoms with van der Waals surface area (Å²) in [5, 5.41) is 3.17. The van der Waals surface area contributed by atoms with Gasteiger partial charge in [-0.3, -0.25) is 15.0 Å². The lowest BCUT2D eigenvalue weighted by molar-refractivity contribution is -0.127. The Morgan fingerprint density at radius 3 is 2.70 bits per heavy atom. The van der Waals surface area contributed by atoms with Crippen LogP contribution >= 0.6 is 11.6 Å². The average Bonchev–Trinajstić information content (AvgIpc) is 3.11. The van der Waals surface area contributed by atoms with Crippen LogP contribution in [0.4, 0.5) is 4.79 Å². The van der Waals surface area contributed by atoms with E-state index in [9.17, 15) is 9.59 Å². The van der Waals surface area contributed by atoms with Crippen molar-refractivity contribution < 1.29 is 14.3 Å². The number of hydrogen-bond donors (Lipinski definition) is 1. The van der Waals surface area contributed by atoms with Crippen LogP contribution in [0.5, 0.6) is 0 Å². The molecule has 1 aromatic rings. The van der Waals surface area contributed by atoms with Gasteiger partial charge < -0.3 is 19.4 Å². The Kier molecular flexibility index (Phi) is 6.12. The van der Waals surface area contributed by atoms with E-state index in [-0.39, 0.29) is 5.91 Å². The zero-order valence-corrected chi connectivity index (χ0v) is 18.0. The molecule has 1 aromatic carbocycles. The molecule has 0 spiro atoms. The molecular formula is C20H27ClN6O3. The summed E-state index contributed by atoms with van der Waals surface area (Å²) in [4.78, 5) is 37.4. The van der Waals surface area contributed by atoms with Crippen LogP contribution in [0.25, 0.3) is 0 Å². The van der Waals surface area contributed by atoms with Gasteiger partial charge in [0.05, 0.1) is 6.61 Å². The number of hydrogen-bond acceptors (Lipinski definition) is 7. The fourth-order valence-electron chi connectivity index (χ4n) is 4.20. The van der Waals surface area contributed by atoms with Crippen molar-refractivity contribution in [1.29, 1.82) is 0 Å². The molecule has 3 heterocycles. The second-order valence-electron chi connectivity index (χ2n) is 7.77. The van der Waals surface area contributed by atoms with Gasteiger partial charge in [-0.25, -0.2) is 9.79 Å². The van der Waals surface area contributed by atoms with Gasteiger partial charge in [-0.2, -0.15) is 0 Å². The number of fused-ring (bicyclic) bond motifs is 1. The van der Waals surface area contributed by atoms with Gasteiger partial charge in [-0.05, 0) is 17.7 Å². The molecule has 0 bridgehead atoms. The fraction of sp³-hybridized carbons (Fsp3) is 0.550. The largest absolute Gasteiger partial charge is 0.383 e. The van der Waals surface area contributed by atoms with Crippen molar-refractivity contribution in [3.05, 3.63) is 34.9 Å². The summed E-state index contributed by atoms with van der Waals surface area (Å²) < 4.78 is 5.25. The van der Waals surface area contributed by atoms with E-state index in [0.717, 1.165) is 43.7 Å². The molecule has 30 heavy (non-hydrogen) atoms. The minimum atomic E-state index is -0.526. The standard InChI is InChI=1S/C20H27ClN6O3/c1-24-17-16(18(28)23-20(24)29)27(10-11-30-2)19(22-17)26-8-6-25(7-9-26)13-14-4-3-5-15(21)12-14/h3-5,12,16-17H,6-11,13H2,1-2H3,(H,23,28,29). The predicted molar refractivity (Wildman–Crippen MR) is 113 cm³/mol. The number of halogens is 1. The first-order chi connectivity index (χ1) is 14.5. The molecule has 0 radical (unpaired) electrons. The summed E-state index contributed by atoms with van der Waals surface area (Å²) in [7, 11) is 3.30. The van der Waals surface area contributed by atoms with Crippen LogP contribution in [0.3, 0.4) is 0 Å². The number of carbonyl (C=O) groups excluding carboxylic acids is 2. The normalized spacial score (nSPS) is 24.8. The summed E-state index contributed by atoms with van der Waals surface area (Å²) in [6.45, 7) is 5.19. The molecule has 2 atom stereocenters. The van der Waals surface area contributed by atoms with Gasteiger partial charge in [-0.1, -0.05) is 23.7 Å². The third-order valence-corrected chi connectivity index (χ3v) is 6.06. The van der Waals surface area contributed by atoms with E-state index in [4.69, 9.17) is 21.3 Å². The molecule has 0 saturated carbocycles.